The van der Waals surface area contributed by atoms with Gasteiger partial charge in [-0.3, -0.25) is 4.98 Å². The minimum Gasteiger partial charge on any atom is -0.398 e. The number of nitrogen functional groups attached to an aromatic ring is 1. The zero-order valence-electron chi connectivity index (χ0n) is 11.7. The van der Waals surface area contributed by atoms with Gasteiger partial charge in [-0.05, 0) is 46.5 Å². The molecule has 4 nitrogen and oxygen atoms in total. The highest BCUT2D eigenvalue weighted by atomic mass is 79.9. The van der Waals surface area contributed by atoms with Gasteiger partial charge < -0.3 is 16.2 Å². The van der Waals surface area contributed by atoms with E-state index < -0.39 is 0 Å². The lowest BCUT2D eigenvalue weighted by Gasteiger charge is -2.16. The van der Waals surface area contributed by atoms with Gasteiger partial charge in [-0.2, -0.15) is 0 Å². The Hall–Kier alpha value is -1.33. The van der Waals surface area contributed by atoms with Crippen molar-refractivity contribution >= 4 is 38.2 Å². The molecule has 1 heterocycles. The number of nitrogens with zero attached hydrogens (tertiary/aromatic N) is 1. The van der Waals surface area contributed by atoms with Gasteiger partial charge in [0.05, 0.1) is 17.3 Å². The first-order chi connectivity index (χ1) is 9.47. The normalized spacial score (nSPS) is 12.8. The monoisotopic (exact) mass is 337 g/mol. The summed E-state index contributed by atoms with van der Waals surface area (Å²) < 4.78 is 0.897. The van der Waals surface area contributed by atoms with E-state index in [1.165, 1.54) is 0 Å². The zero-order valence-corrected chi connectivity index (χ0v) is 13.3. The van der Waals surface area contributed by atoms with Gasteiger partial charge in [0.25, 0.3) is 0 Å². The highest BCUT2D eigenvalue weighted by Crippen LogP contribution is 2.28. The van der Waals surface area contributed by atoms with Gasteiger partial charge >= 0.3 is 0 Å². The van der Waals surface area contributed by atoms with Crippen LogP contribution < -0.4 is 11.1 Å². The molecule has 20 heavy (non-hydrogen) atoms. The van der Waals surface area contributed by atoms with Crippen LogP contribution in [-0.2, 0) is 0 Å². The van der Waals surface area contributed by atoms with Crippen LogP contribution >= 0.6 is 15.9 Å². The van der Waals surface area contributed by atoms with Crippen molar-refractivity contribution in [3.05, 3.63) is 28.9 Å². The van der Waals surface area contributed by atoms with E-state index in [1.807, 2.05) is 18.2 Å². The van der Waals surface area contributed by atoms with Crippen LogP contribution in [-0.4, -0.2) is 22.7 Å². The van der Waals surface area contributed by atoms with Crippen molar-refractivity contribution in [3.8, 4) is 0 Å². The summed E-state index contributed by atoms with van der Waals surface area (Å²) in [7, 11) is 0. The fraction of sp³-hybridized carbons (Fsp3) is 0.400. The molecule has 1 unspecified atom stereocenters. The van der Waals surface area contributed by atoms with Crippen LogP contribution in [0.25, 0.3) is 10.9 Å². The Morgan fingerprint density at radius 1 is 1.40 bits per heavy atom. The molecule has 2 rings (SSSR count). The molecule has 1 atom stereocenters. The summed E-state index contributed by atoms with van der Waals surface area (Å²) in [5.41, 5.74) is 8.39. The van der Waals surface area contributed by atoms with E-state index in [0.717, 1.165) is 27.5 Å². The van der Waals surface area contributed by atoms with Crippen LogP contribution in [0.4, 0.5) is 11.4 Å². The van der Waals surface area contributed by atoms with Crippen LogP contribution in [0.3, 0.4) is 0 Å². The molecule has 0 radical (unpaired) electrons. The second kappa shape index (κ2) is 6.41. The predicted octanol–water partition coefficient (Wildman–Crippen LogP) is 3.40. The molecule has 0 spiro atoms. The lowest BCUT2D eigenvalue weighted by atomic mass is 10.1. The van der Waals surface area contributed by atoms with Crippen LogP contribution in [0, 0.1) is 5.92 Å². The minimum absolute atomic E-state index is 0.363. The first-order valence-corrected chi connectivity index (χ1v) is 7.52. The highest BCUT2D eigenvalue weighted by molar-refractivity contribution is 9.10. The van der Waals surface area contributed by atoms with Gasteiger partial charge in [-0.1, -0.05) is 13.8 Å². The van der Waals surface area contributed by atoms with Gasteiger partial charge in [0.1, 0.15) is 0 Å². The third kappa shape index (κ3) is 3.61. The van der Waals surface area contributed by atoms with Crippen LogP contribution in [0.1, 0.15) is 20.3 Å². The number of aliphatic hydroxyl groups is 1. The third-order valence-electron chi connectivity index (χ3n) is 3.12. The highest BCUT2D eigenvalue weighted by Gasteiger charge is 2.10. The number of benzene rings is 1. The summed E-state index contributed by atoms with van der Waals surface area (Å²) in [6.07, 6.45) is 2.16. The van der Waals surface area contributed by atoms with Gasteiger partial charge in [-0.25, -0.2) is 0 Å². The quantitative estimate of drug-likeness (QED) is 0.731. The number of hydrogen-bond acceptors (Lipinski definition) is 4. The number of aliphatic hydroxyl groups excluding tert-OH is 1. The summed E-state index contributed by atoms with van der Waals surface area (Å²) in [4.78, 5) is 4.41. The van der Waals surface area contributed by atoms with Crippen molar-refractivity contribution in [2.24, 2.45) is 5.92 Å². The number of pyridine rings is 1. The van der Waals surface area contributed by atoms with Crippen molar-refractivity contribution in [2.75, 3.05) is 17.6 Å². The molecular formula is C15H20BrN3O. The Morgan fingerprint density at radius 2 is 2.15 bits per heavy atom. The fourth-order valence-electron chi connectivity index (χ4n) is 2.21. The molecule has 2 aromatic rings. The largest absolute Gasteiger partial charge is 0.398 e. The van der Waals surface area contributed by atoms with E-state index in [1.54, 1.807) is 6.20 Å². The molecule has 0 amide bonds. The van der Waals surface area contributed by atoms with E-state index in [-0.39, 0.29) is 6.10 Å². The molecule has 0 aliphatic carbocycles. The number of rotatable bonds is 5. The molecule has 0 fully saturated rings. The summed E-state index contributed by atoms with van der Waals surface area (Å²) >= 11 is 3.40. The SMILES string of the molecule is CC(C)CC(O)CNc1ccc(N)c2cc(Br)cnc12. The van der Waals surface area contributed by atoms with Crippen molar-refractivity contribution in [1.29, 1.82) is 0 Å². The molecular weight excluding hydrogens is 318 g/mol. The Labute approximate surface area is 127 Å². The average molecular weight is 338 g/mol. The summed E-state index contributed by atoms with van der Waals surface area (Å²) in [5, 5.41) is 14.1. The van der Waals surface area contributed by atoms with Gasteiger partial charge in [-0.15, -0.1) is 0 Å². The maximum Gasteiger partial charge on any atom is 0.0954 e. The van der Waals surface area contributed by atoms with Gasteiger partial charge in [0.15, 0.2) is 0 Å². The number of anilines is 2. The van der Waals surface area contributed by atoms with E-state index in [0.29, 0.717) is 18.2 Å². The van der Waals surface area contributed by atoms with Crippen molar-refractivity contribution in [3.63, 3.8) is 0 Å². The molecule has 108 valence electrons. The first kappa shape index (κ1) is 15.1. The maximum absolute atomic E-state index is 9.94. The Bertz CT molecular complexity index is 601. The van der Waals surface area contributed by atoms with Gasteiger partial charge in [0, 0.05) is 28.3 Å². The van der Waals surface area contributed by atoms with Crippen molar-refractivity contribution in [2.45, 2.75) is 26.4 Å². The number of nitrogens with one attached hydrogen (secondary N) is 1. The van der Waals surface area contributed by atoms with Crippen molar-refractivity contribution in [1.82, 2.24) is 4.98 Å². The van der Waals surface area contributed by atoms with E-state index in [2.05, 4.69) is 40.1 Å². The van der Waals surface area contributed by atoms with E-state index >= 15 is 0 Å². The average Bonchev–Trinajstić information content (AvgIpc) is 2.37. The Morgan fingerprint density at radius 3 is 2.85 bits per heavy atom. The molecule has 4 N–H and O–H groups in total. The molecule has 0 saturated heterocycles. The number of fused-ring (bicyclic) bond motifs is 1. The van der Waals surface area contributed by atoms with E-state index in [4.69, 9.17) is 5.73 Å². The Balaban J connectivity index is 2.20. The Kier molecular flexibility index (Phi) is 4.83. The molecule has 0 aliphatic rings. The predicted molar refractivity (Wildman–Crippen MR) is 87.8 cm³/mol. The smallest absolute Gasteiger partial charge is 0.0954 e. The summed E-state index contributed by atoms with van der Waals surface area (Å²) in [6, 6.07) is 5.71. The topological polar surface area (TPSA) is 71.2 Å². The number of aromatic nitrogens is 1. The summed E-state index contributed by atoms with van der Waals surface area (Å²) in [5.74, 6) is 0.476. The second-order valence-corrected chi connectivity index (χ2v) is 6.33. The van der Waals surface area contributed by atoms with Crippen LogP contribution in [0.5, 0.6) is 0 Å². The molecule has 5 heteroatoms. The summed E-state index contributed by atoms with van der Waals surface area (Å²) in [6.45, 7) is 4.71. The van der Waals surface area contributed by atoms with Gasteiger partial charge in [0.2, 0.25) is 0 Å². The zero-order chi connectivity index (χ0) is 14.7. The molecule has 1 aromatic heterocycles. The maximum atomic E-state index is 9.94. The molecule has 0 aliphatic heterocycles. The van der Waals surface area contributed by atoms with E-state index in [9.17, 15) is 5.11 Å². The van der Waals surface area contributed by atoms with Crippen molar-refractivity contribution < 1.29 is 5.11 Å². The molecule has 1 aromatic carbocycles. The lowest BCUT2D eigenvalue weighted by Crippen LogP contribution is -2.21. The minimum atomic E-state index is -0.363. The lowest BCUT2D eigenvalue weighted by molar-refractivity contribution is 0.161. The molecule has 0 saturated carbocycles. The third-order valence-corrected chi connectivity index (χ3v) is 3.56. The van der Waals surface area contributed by atoms with Crippen LogP contribution in [0.2, 0.25) is 0 Å². The number of halogens is 1. The molecule has 0 bridgehead atoms. The fourth-order valence-corrected chi connectivity index (χ4v) is 2.54. The number of hydrogen-bond donors (Lipinski definition) is 3. The number of nitrogens with two attached hydrogens (primary N) is 1. The van der Waals surface area contributed by atoms with Crippen LogP contribution in [0.15, 0.2) is 28.9 Å². The standard InChI is InChI=1S/C15H20BrN3O/c1-9(2)5-11(20)8-18-14-4-3-13(17)12-6-10(16)7-19-15(12)14/h3-4,6-7,9,11,18,20H,5,8,17H2,1-2H3. The second-order valence-electron chi connectivity index (χ2n) is 5.42. The first-order valence-electron chi connectivity index (χ1n) is 6.73.